The van der Waals surface area contributed by atoms with E-state index in [4.69, 9.17) is 16.3 Å². The van der Waals surface area contributed by atoms with E-state index in [2.05, 4.69) is 5.32 Å². The molecule has 1 aliphatic rings. The minimum Gasteiger partial charge on any atom is -0.376 e. The van der Waals surface area contributed by atoms with Gasteiger partial charge in [0, 0.05) is 17.2 Å². The van der Waals surface area contributed by atoms with Gasteiger partial charge in [-0.15, -0.1) is 0 Å². The molecule has 92 valence electrons. The first-order valence-corrected chi connectivity index (χ1v) is 6.22. The van der Waals surface area contributed by atoms with Crippen molar-refractivity contribution in [2.45, 2.75) is 31.9 Å². The third kappa shape index (κ3) is 3.20. The van der Waals surface area contributed by atoms with Crippen LogP contribution in [0.1, 0.15) is 30.1 Å². The summed E-state index contributed by atoms with van der Waals surface area (Å²) in [6.07, 6.45) is 2.22. The van der Waals surface area contributed by atoms with Gasteiger partial charge in [0.1, 0.15) is 0 Å². The zero-order valence-corrected chi connectivity index (χ0v) is 10.5. The fourth-order valence-electron chi connectivity index (χ4n) is 2.01. The zero-order valence-electron chi connectivity index (χ0n) is 9.78. The number of hydrogen-bond acceptors (Lipinski definition) is 2. The molecule has 0 saturated carbocycles. The van der Waals surface area contributed by atoms with E-state index in [1.807, 2.05) is 6.92 Å². The van der Waals surface area contributed by atoms with Gasteiger partial charge in [0.15, 0.2) is 0 Å². The molecule has 1 aromatic carbocycles. The molecular weight excluding hydrogens is 238 g/mol. The summed E-state index contributed by atoms with van der Waals surface area (Å²) in [6.45, 7) is 2.76. The second-order valence-corrected chi connectivity index (χ2v) is 4.76. The van der Waals surface area contributed by atoms with Crippen LogP contribution in [-0.4, -0.2) is 24.7 Å². The number of hydrogen-bond donors (Lipinski definition) is 1. The maximum Gasteiger partial charge on any atom is 0.251 e. The summed E-state index contributed by atoms with van der Waals surface area (Å²) in [4.78, 5) is 11.9. The van der Waals surface area contributed by atoms with Crippen molar-refractivity contribution in [3.63, 3.8) is 0 Å². The van der Waals surface area contributed by atoms with Gasteiger partial charge in [-0.25, -0.2) is 0 Å². The van der Waals surface area contributed by atoms with Crippen LogP contribution in [0.2, 0.25) is 5.02 Å². The van der Waals surface area contributed by atoms with Gasteiger partial charge in [-0.05, 0) is 38.0 Å². The molecule has 17 heavy (non-hydrogen) atoms. The molecule has 0 aliphatic carbocycles. The molecule has 1 saturated heterocycles. The van der Waals surface area contributed by atoms with Crippen LogP contribution in [-0.2, 0) is 4.74 Å². The van der Waals surface area contributed by atoms with Crippen LogP contribution in [0.3, 0.4) is 0 Å². The maximum absolute atomic E-state index is 11.9. The number of amides is 1. The van der Waals surface area contributed by atoms with E-state index in [1.165, 1.54) is 0 Å². The second kappa shape index (κ2) is 5.52. The van der Waals surface area contributed by atoms with Crippen LogP contribution < -0.4 is 5.32 Å². The first-order chi connectivity index (χ1) is 8.16. The van der Waals surface area contributed by atoms with Gasteiger partial charge in [-0.1, -0.05) is 17.7 Å². The Kier molecular flexibility index (Phi) is 4.02. The number of rotatable bonds is 3. The molecule has 1 fully saturated rings. The zero-order chi connectivity index (χ0) is 12.3. The molecule has 1 heterocycles. The summed E-state index contributed by atoms with van der Waals surface area (Å²) < 4.78 is 5.53. The highest BCUT2D eigenvalue weighted by molar-refractivity contribution is 6.30. The molecule has 2 rings (SSSR count). The van der Waals surface area contributed by atoms with Crippen molar-refractivity contribution in [3.8, 4) is 0 Å². The van der Waals surface area contributed by atoms with Gasteiger partial charge >= 0.3 is 0 Å². The minimum atomic E-state index is -0.101. The smallest absolute Gasteiger partial charge is 0.251 e. The van der Waals surface area contributed by atoms with E-state index in [9.17, 15) is 4.79 Å². The van der Waals surface area contributed by atoms with E-state index in [1.54, 1.807) is 24.3 Å². The van der Waals surface area contributed by atoms with E-state index in [0.717, 1.165) is 19.4 Å². The Labute approximate surface area is 106 Å². The average molecular weight is 254 g/mol. The van der Waals surface area contributed by atoms with Crippen molar-refractivity contribution in [2.24, 2.45) is 0 Å². The molecule has 0 radical (unpaired) electrons. The van der Waals surface area contributed by atoms with Crippen LogP contribution in [0.4, 0.5) is 0 Å². The molecule has 0 aromatic heterocycles. The number of halogens is 1. The topological polar surface area (TPSA) is 38.3 Å². The lowest BCUT2D eigenvalue weighted by molar-refractivity contribution is 0.0712. The monoisotopic (exact) mass is 253 g/mol. The summed E-state index contributed by atoms with van der Waals surface area (Å²) in [6, 6.07) is 6.97. The Bertz CT molecular complexity index is 402. The number of nitrogens with one attached hydrogen (secondary N) is 1. The van der Waals surface area contributed by atoms with Gasteiger partial charge in [-0.2, -0.15) is 0 Å². The number of carbonyl (C=O) groups excluding carboxylic acids is 1. The van der Waals surface area contributed by atoms with Crippen LogP contribution in [0, 0.1) is 0 Å². The highest BCUT2D eigenvalue weighted by atomic mass is 35.5. The quantitative estimate of drug-likeness (QED) is 0.899. The predicted molar refractivity (Wildman–Crippen MR) is 67.4 cm³/mol. The molecule has 1 aliphatic heterocycles. The lowest BCUT2D eigenvalue weighted by atomic mass is 10.1. The van der Waals surface area contributed by atoms with Gasteiger partial charge < -0.3 is 10.1 Å². The first kappa shape index (κ1) is 12.4. The SMILES string of the molecule is CC(NC(=O)c1cccc(Cl)c1)C1CCCO1. The summed E-state index contributed by atoms with van der Waals surface area (Å²) in [7, 11) is 0. The lowest BCUT2D eigenvalue weighted by Crippen LogP contribution is -2.40. The molecule has 2 atom stereocenters. The predicted octanol–water partition coefficient (Wildman–Crippen LogP) is 2.64. The molecule has 1 aromatic rings. The molecule has 2 unspecified atom stereocenters. The second-order valence-electron chi connectivity index (χ2n) is 4.32. The molecule has 0 bridgehead atoms. The van der Waals surface area contributed by atoms with E-state index in [0.29, 0.717) is 10.6 Å². The van der Waals surface area contributed by atoms with Crippen LogP contribution >= 0.6 is 11.6 Å². The van der Waals surface area contributed by atoms with Crippen molar-refractivity contribution in [2.75, 3.05) is 6.61 Å². The number of ether oxygens (including phenoxy) is 1. The van der Waals surface area contributed by atoms with Crippen molar-refractivity contribution >= 4 is 17.5 Å². The standard InChI is InChI=1S/C13H16ClNO2/c1-9(12-6-3-7-17-12)15-13(16)10-4-2-5-11(14)8-10/h2,4-5,8-9,12H,3,6-7H2,1H3,(H,15,16). The molecular formula is C13H16ClNO2. The average Bonchev–Trinajstić information content (AvgIpc) is 2.82. The highest BCUT2D eigenvalue weighted by Gasteiger charge is 2.23. The van der Waals surface area contributed by atoms with Gasteiger partial charge in [0.2, 0.25) is 0 Å². The highest BCUT2D eigenvalue weighted by Crippen LogP contribution is 2.16. The van der Waals surface area contributed by atoms with E-state index < -0.39 is 0 Å². The van der Waals surface area contributed by atoms with Crippen molar-refractivity contribution in [3.05, 3.63) is 34.9 Å². The van der Waals surface area contributed by atoms with Crippen LogP contribution in [0.5, 0.6) is 0 Å². The summed E-state index contributed by atoms with van der Waals surface area (Å²) in [5, 5.41) is 3.51. The fraction of sp³-hybridized carbons (Fsp3) is 0.462. The van der Waals surface area contributed by atoms with Crippen molar-refractivity contribution < 1.29 is 9.53 Å². The fourth-order valence-corrected chi connectivity index (χ4v) is 2.20. The van der Waals surface area contributed by atoms with Gasteiger partial charge in [0.05, 0.1) is 12.1 Å². The molecule has 4 heteroatoms. The number of benzene rings is 1. The summed E-state index contributed by atoms with van der Waals surface area (Å²) in [5.41, 5.74) is 0.586. The maximum atomic E-state index is 11.9. The molecule has 3 nitrogen and oxygen atoms in total. The molecule has 1 N–H and O–H groups in total. The Hall–Kier alpha value is -1.06. The minimum absolute atomic E-state index is 0.0315. The lowest BCUT2D eigenvalue weighted by Gasteiger charge is -2.20. The largest absolute Gasteiger partial charge is 0.376 e. The van der Waals surface area contributed by atoms with Crippen LogP contribution in [0.15, 0.2) is 24.3 Å². The molecule has 1 amide bonds. The normalized spacial score (nSPS) is 21.2. The van der Waals surface area contributed by atoms with E-state index >= 15 is 0 Å². The Morgan fingerprint density at radius 1 is 1.59 bits per heavy atom. The Balaban J connectivity index is 1.96. The van der Waals surface area contributed by atoms with Crippen LogP contribution in [0.25, 0.3) is 0 Å². The van der Waals surface area contributed by atoms with Crippen molar-refractivity contribution in [1.82, 2.24) is 5.32 Å². The first-order valence-electron chi connectivity index (χ1n) is 5.85. The van der Waals surface area contributed by atoms with Gasteiger partial charge in [-0.3, -0.25) is 4.79 Å². The summed E-state index contributed by atoms with van der Waals surface area (Å²) >= 11 is 5.85. The van der Waals surface area contributed by atoms with E-state index in [-0.39, 0.29) is 18.1 Å². The summed E-state index contributed by atoms with van der Waals surface area (Å²) in [5.74, 6) is -0.101. The Morgan fingerprint density at radius 3 is 3.06 bits per heavy atom. The van der Waals surface area contributed by atoms with Gasteiger partial charge in [0.25, 0.3) is 5.91 Å². The third-order valence-electron chi connectivity index (χ3n) is 2.97. The molecule has 0 spiro atoms. The number of carbonyl (C=O) groups is 1. The Morgan fingerprint density at radius 2 is 2.41 bits per heavy atom. The van der Waals surface area contributed by atoms with Crippen molar-refractivity contribution in [1.29, 1.82) is 0 Å². The third-order valence-corrected chi connectivity index (χ3v) is 3.20.